The number of rotatable bonds is 2. The van der Waals surface area contributed by atoms with Crippen LogP contribution in [0.15, 0.2) is 22.7 Å². The summed E-state index contributed by atoms with van der Waals surface area (Å²) in [4.78, 5) is 0. The van der Waals surface area contributed by atoms with Gasteiger partial charge in [0.15, 0.2) is 0 Å². The Balaban J connectivity index is 2.68. The summed E-state index contributed by atoms with van der Waals surface area (Å²) in [5, 5.41) is 3.91. The minimum atomic E-state index is -0.508. The first-order valence-corrected chi connectivity index (χ1v) is 5.59. The van der Waals surface area contributed by atoms with Crippen LogP contribution in [0.3, 0.4) is 0 Å². The largest absolute Gasteiger partial charge is 0.367 e. The van der Waals surface area contributed by atoms with Crippen molar-refractivity contribution in [3.05, 3.63) is 34.7 Å². The van der Waals surface area contributed by atoms with Gasteiger partial charge in [0.25, 0.3) is 0 Å². The highest BCUT2D eigenvalue weighted by Gasteiger charge is 2.21. The Morgan fingerprint density at radius 1 is 1.41 bits per heavy atom. The SMILES string of the molecule is CC(C)c1noc(N)c1-c1cccc(Cl)c1F. The van der Waals surface area contributed by atoms with E-state index in [0.717, 1.165) is 0 Å². The van der Waals surface area contributed by atoms with E-state index < -0.39 is 5.82 Å². The molecule has 1 aromatic heterocycles. The molecule has 5 heteroatoms. The number of aromatic nitrogens is 1. The van der Waals surface area contributed by atoms with Crippen molar-refractivity contribution in [2.75, 3.05) is 5.73 Å². The third-order valence-corrected chi connectivity index (χ3v) is 2.80. The molecular weight excluding hydrogens is 243 g/mol. The Hall–Kier alpha value is -1.55. The fraction of sp³-hybridized carbons (Fsp3) is 0.250. The van der Waals surface area contributed by atoms with Gasteiger partial charge in [-0.1, -0.05) is 42.7 Å². The van der Waals surface area contributed by atoms with Crippen LogP contribution in [-0.2, 0) is 0 Å². The lowest BCUT2D eigenvalue weighted by Crippen LogP contribution is -1.95. The quantitative estimate of drug-likeness (QED) is 0.886. The van der Waals surface area contributed by atoms with E-state index in [1.807, 2.05) is 13.8 Å². The standard InChI is InChI=1S/C12H12ClFN2O/c1-6(2)11-9(12(15)17-16-11)7-4-3-5-8(13)10(7)14/h3-6H,15H2,1-2H3. The molecule has 0 atom stereocenters. The first-order chi connectivity index (χ1) is 8.02. The van der Waals surface area contributed by atoms with E-state index in [9.17, 15) is 4.39 Å². The molecule has 1 heterocycles. The molecule has 1 aromatic carbocycles. The van der Waals surface area contributed by atoms with Crippen molar-refractivity contribution in [2.45, 2.75) is 19.8 Å². The number of hydrogen-bond donors (Lipinski definition) is 1. The average Bonchev–Trinajstić information content (AvgIpc) is 2.65. The molecule has 2 rings (SSSR count). The zero-order chi connectivity index (χ0) is 12.6. The van der Waals surface area contributed by atoms with Gasteiger partial charge in [-0.2, -0.15) is 0 Å². The second-order valence-electron chi connectivity index (χ2n) is 4.06. The van der Waals surface area contributed by atoms with Gasteiger partial charge in [0.2, 0.25) is 5.88 Å². The normalized spacial score (nSPS) is 11.1. The maximum Gasteiger partial charge on any atom is 0.230 e. The van der Waals surface area contributed by atoms with Gasteiger partial charge in [0, 0.05) is 5.56 Å². The molecule has 2 aromatic rings. The molecule has 2 N–H and O–H groups in total. The zero-order valence-corrected chi connectivity index (χ0v) is 10.3. The predicted molar refractivity (Wildman–Crippen MR) is 65.4 cm³/mol. The Morgan fingerprint density at radius 2 is 2.12 bits per heavy atom. The van der Waals surface area contributed by atoms with Gasteiger partial charge < -0.3 is 10.3 Å². The fourth-order valence-electron chi connectivity index (χ4n) is 1.68. The minimum Gasteiger partial charge on any atom is -0.367 e. The van der Waals surface area contributed by atoms with E-state index in [0.29, 0.717) is 16.8 Å². The summed E-state index contributed by atoms with van der Waals surface area (Å²) in [6.45, 7) is 3.87. The first-order valence-electron chi connectivity index (χ1n) is 5.21. The molecule has 0 amide bonds. The van der Waals surface area contributed by atoms with Gasteiger partial charge in [0.05, 0.1) is 16.3 Å². The topological polar surface area (TPSA) is 52.0 Å². The summed E-state index contributed by atoms with van der Waals surface area (Å²) in [5.41, 5.74) is 7.13. The van der Waals surface area contributed by atoms with Crippen LogP contribution in [0.1, 0.15) is 25.5 Å². The van der Waals surface area contributed by atoms with E-state index in [1.54, 1.807) is 12.1 Å². The van der Waals surface area contributed by atoms with Crippen LogP contribution in [-0.4, -0.2) is 5.16 Å². The lowest BCUT2D eigenvalue weighted by molar-refractivity contribution is 0.424. The average molecular weight is 255 g/mol. The van der Waals surface area contributed by atoms with Crippen LogP contribution in [0.4, 0.5) is 10.3 Å². The second kappa shape index (κ2) is 4.37. The van der Waals surface area contributed by atoms with Gasteiger partial charge in [-0.3, -0.25) is 0 Å². The lowest BCUT2D eigenvalue weighted by atomic mass is 9.99. The number of hydrogen-bond acceptors (Lipinski definition) is 3. The predicted octanol–water partition coefficient (Wildman–Crippen LogP) is 3.84. The minimum absolute atomic E-state index is 0.0535. The van der Waals surface area contributed by atoms with Crippen molar-refractivity contribution in [2.24, 2.45) is 0 Å². The Kier molecular flexibility index (Phi) is 3.07. The molecule has 0 saturated heterocycles. The van der Waals surface area contributed by atoms with Crippen molar-refractivity contribution in [3.8, 4) is 11.1 Å². The molecule has 0 spiro atoms. The van der Waals surface area contributed by atoms with Crippen LogP contribution >= 0.6 is 11.6 Å². The van der Waals surface area contributed by atoms with Gasteiger partial charge >= 0.3 is 0 Å². The van der Waals surface area contributed by atoms with E-state index in [1.165, 1.54) is 6.07 Å². The summed E-state index contributed by atoms with van der Waals surface area (Å²) >= 11 is 5.75. The van der Waals surface area contributed by atoms with Gasteiger partial charge in [0.1, 0.15) is 5.82 Å². The van der Waals surface area contributed by atoms with Crippen molar-refractivity contribution in [1.82, 2.24) is 5.16 Å². The smallest absolute Gasteiger partial charge is 0.230 e. The van der Waals surface area contributed by atoms with Gasteiger partial charge in [-0.15, -0.1) is 0 Å². The second-order valence-corrected chi connectivity index (χ2v) is 4.47. The van der Waals surface area contributed by atoms with Crippen molar-refractivity contribution in [1.29, 1.82) is 0 Å². The van der Waals surface area contributed by atoms with Gasteiger partial charge in [-0.05, 0) is 12.0 Å². The molecule has 0 unspecified atom stereocenters. The summed E-state index contributed by atoms with van der Waals surface area (Å²) in [7, 11) is 0. The van der Waals surface area contributed by atoms with E-state index >= 15 is 0 Å². The van der Waals surface area contributed by atoms with Crippen molar-refractivity contribution in [3.63, 3.8) is 0 Å². The number of benzene rings is 1. The molecule has 17 heavy (non-hydrogen) atoms. The summed E-state index contributed by atoms with van der Waals surface area (Å²) in [6, 6.07) is 4.76. The van der Waals surface area contributed by atoms with Gasteiger partial charge in [-0.25, -0.2) is 4.39 Å². The maximum atomic E-state index is 13.9. The molecule has 3 nitrogen and oxygen atoms in total. The molecule has 0 radical (unpaired) electrons. The summed E-state index contributed by atoms with van der Waals surface area (Å²) in [6.07, 6.45) is 0. The number of nitrogen functional groups attached to an aromatic ring is 1. The molecule has 0 fully saturated rings. The molecular formula is C12H12ClFN2O. The number of nitrogens with zero attached hydrogens (tertiary/aromatic N) is 1. The molecule has 0 saturated carbocycles. The maximum absolute atomic E-state index is 13.9. The van der Waals surface area contributed by atoms with Crippen LogP contribution in [0.25, 0.3) is 11.1 Å². The van der Waals surface area contributed by atoms with Crippen molar-refractivity contribution < 1.29 is 8.91 Å². The van der Waals surface area contributed by atoms with Crippen LogP contribution in [0.5, 0.6) is 0 Å². The highest BCUT2D eigenvalue weighted by Crippen LogP contribution is 2.36. The monoisotopic (exact) mass is 254 g/mol. The highest BCUT2D eigenvalue weighted by molar-refractivity contribution is 6.31. The van der Waals surface area contributed by atoms with E-state index in [4.69, 9.17) is 21.9 Å². The number of anilines is 1. The molecule has 0 bridgehead atoms. The Bertz CT molecular complexity index is 551. The molecule has 0 aliphatic carbocycles. The van der Waals surface area contributed by atoms with Crippen LogP contribution in [0.2, 0.25) is 5.02 Å². The molecule has 0 aliphatic heterocycles. The van der Waals surface area contributed by atoms with Crippen molar-refractivity contribution >= 4 is 17.5 Å². The van der Waals surface area contributed by atoms with Crippen LogP contribution in [0, 0.1) is 5.82 Å². The zero-order valence-electron chi connectivity index (χ0n) is 9.50. The first kappa shape index (κ1) is 11.9. The summed E-state index contributed by atoms with van der Waals surface area (Å²) < 4.78 is 18.9. The third-order valence-electron chi connectivity index (χ3n) is 2.51. The third kappa shape index (κ3) is 2.00. The molecule has 90 valence electrons. The van der Waals surface area contributed by atoms with E-state index in [-0.39, 0.29) is 16.8 Å². The lowest BCUT2D eigenvalue weighted by Gasteiger charge is -2.06. The molecule has 0 aliphatic rings. The summed E-state index contributed by atoms with van der Waals surface area (Å²) in [5.74, 6) is -0.315. The fourth-order valence-corrected chi connectivity index (χ4v) is 1.85. The number of halogens is 2. The number of nitrogens with two attached hydrogens (primary N) is 1. The highest BCUT2D eigenvalue weighted by atomic mass is 35.5. The van der Waals surface area contributed by atoms with Crippen LogP contribution < -0.4 is 5.73 Å². The Morgan fingerprint density at radius 3 is 2.76 bits per heavy atom. The van der Waals surface area contributed by atoms with E-state index in [2.05, 4.69) is 5.16 Å². The Labute approximate surface area is 103 Å².